The largest absolute Gasteiger partial charge is 0.228 e. The van der Waals surface area contributed by atoms with Gasteiger partial charge in [-0.15, -0.1) is 0 Å². The number of nitrogens with zero attached hydrogens (tertiary/aromatic N) is 2. The van der Waals surface area contributed by atoms with Gasteiger partial charge in [-0.3, -0.25) is 0 Å². The Kier molecular flexibility index (Phi) is 7.11. The molecule has 1 aliphatic carbocycles. The van der Waals surface area contributed by atoms with Crippen LogP contribution in [-0.2, 0) is 12.8 Å². The summed E-state index contributed by atoms with van der Waals surface area (Å²) < 4.78 is 0. The van der Waals surface area contributed by atoms with Crippen LogP contribution in [0.5, 0.6) is 0 Å². The molecule has 1 aromatic heterocycles. The van der Waals surface area contributed by atoms with Gasteiger partial charge in [0.25, 0.3) is 0 Å². The van der Waals surface area contributed by atoms with E-state index in [0.29, 0.717) is 0 Å². The third-order valence-electron chi connectivity index (χ3n) is 9.37. The lowest BCUT2D eigenvalue weighted by Gasteiger charge is -2.22. The van der Waals surface area contributed by atoms with Gasteiger partial charge in [-0.1, -0.05) is 133 Å². The molecule has 0 bridgehead atoms. The summed E-state index contributed by atoms with van der Waals surface area (Å²) in [4.78, 5) is 10.1. The van der Waals surface area contributed by atoms with Crippen molar-refractivity contribution in [3.8, 4) is 67.3 Å². The van der Waals surface area contributed by atoms with Crippen LogP contribution < -0.4 is 0 Å². The van der Waals surface area contributed by atoms with E-state index in [2.05, 4.69) is 147 Å². The summed E-state index contributed by atoms with van der Waals surface area (Å²) in [5, 5.41) is 0. The smallest absolute Gasteiger partial charge is 0.160 e. The highest BCUT2D eigenvalue weighted by molar-refractivity contribution is 5.83. The average Bonchev–Trinajstić information content (AvgIpc) is 3.12. The molecule has 0 fully saturated rings. The monoisotopic (exact) mass is 590 g/mol. The summed E-state index contributed by atoms with van der Waals surface area (Å²) in [5.41, 5.74) is 18.3. The Balaban J connectivity index is 1.16. The van der Waals surface area contributed by atoms with Crippen molar-refractivity contribution in [1.82, 2.24) is 9.97 Å². The van der Waals surface area contributed by atoms with Crippen LogP contribution in [0.1, 0.15) is 22.3 Å². The number of rotatable bonds is 5. The molecule has 6 aromatic carbocycles. The number of benzene rings is 6. The quantitative estimate of drug-likeness (QED) is 0.199. The van der Waals surface area contributed by atoms with E-state index >= 15 is 0 Å². The van der Waals surface area contributed by atoms with Crippen LogP contribution in [0.4, 0.5) is 0 Å². The van der Waals surface area contributed by atoms with Gasteiger partial charge < -0.3 is 0 Å². The molecule has 46 heavy (non-hydrogen) atoms. The first kappa shape index (κ1) is 27.9. The Labute approximate surface area is 271 Å². The van der Waals surface area contributed by atoms with Crippen molar-refractivity contribution in [2.24, 2.45) is 0 Å². The molecule has 1 aliphatic rings. The Morgan fingerprint density at radius 3 is 1.54 bits per heavy atom. The van der Waals surface area contributed by atoms with E-state index in [-0.39, 0.29) is 0 Å². The maximum Gasteiger partial charge on any atom is 0.160 e. The molecule has 0 spiro atoms. The lowest BCUT2D eigenvalue weighted by atomic mass is 9.82. The number of aryl methyl sites for hydroxylation is 3. The van der Waals surface area contributed by atoms with Gasteiger partial charge in [-0.2, -0.15) is 0 Å². The van der Waals surface area contributed by atoms with E-state index in [1.54, 1.807) is 0 Å². The first-order valence-electron chi connectivity index (χ1n) is 16.0. The van der Waals surface area contributed by atoms with E-state index in [1.165, 1.54) is 55.6 Å². The van der Waals surface area contributed by atoms with Gasteiger partial charge in [0.05, 0.1) is 11.4 Å². The van der Waals surface area contributed by atoms with E-state index < -0.39 is 0 Å². The average molecular weight is 591 g/mol. The fourth-order valence-electron chi connectivity index (χ4n) is 6.91. The lowest BCUT2D eigenvalue weighted by molar-refractivity contribution is 0.942. The molecule has 1 heterocycles. The molecular formula is C44H34N2. The van der Waals surface area contributed by atoms with E-state index in [4.69, 9.17) is 9.97 Å². The van der Waals surface area contributed by atoms with Crippen LogP contribution in [-0.4, -0.2) is 9.97 Å². The van der Waals surface area contributed by atoms with Gasteiger partial charge in [-0.05, 0) is 94.5 Å². The molecular weight excluding hydrogens is 556 g/mol. The number of aromatic nitrogens is 2. The zero-order valence-electron chi connectivity index (χ0n) is 26.2. The van der Waals surface area contributed by atoms with Crippen molar-refractivity contribution in [3.63, 3.8) is 0 Å². The Hall–Kier alpha value is -5.60. The molecule has 0 aliphatic heterocycles. The second-order valence-corrected chi connectivity index (χ2v) is 12.2. The third-order valence-corrected chi connectivity index (χ3v) is 9.37. The fourth-order valence-corrected chi connectivity index (χ4v) is 6.91. The highest BCUT2D eigenvalue weighted by atomic mass is 14.9. The van der Waals surface area contributed by atoms with Gasteiger partial charge in [0.1, 0.15) is 0 Å². The number of hydrogen-bond donors (Lipinski definition) is 0. The van der Waals surface area contributed by atoms with E-state index in [9.17, 15) is 0 Å². The minimum absolute atomic E-state index is 0.758. The van der Waals surface area contributed by atoms with Crippen LogP contribution in [0.25, 0.3) is 67.3 Å². The molecule has 0 unspecified atom stereocenters. The van der Waals surface area contributed by atoms with Crippen LogP contribution in [0, 0.1) is 13.8 Å². The van der Waals surface area contributed by atoms with Crippen molar-refractivity contribution < 1.29 is 0 Å². The number of fused-ring (bicyclic) bond motifs is 3. The Morgan fingerprint density at radius 2 is 0.913 bits per heavy atom. The molecule has 0 N–H and O–H groups in total. The van der Waals surface area contributed by atoms with Gasteiger partial charge in [0.2, 0.25) is 0 Å². The maximum atomic E-state index is 5.07. The zero-order valence-corrected chi connectivity index (χ0v) is 26.2. The minimum atomic E-state index is 0.758. The SMILES string of the molecule is Cc1ccccc1-c1cccc(-c2ccc3c(c2)CCc2cc(-c4nc(-c5ccccc5)cc(-c5ccccc5)n4)ccc2-3)c1C. The molecule has 0 saturated heterocycles. The Morgan fingerprint density at radius 1 is 0.391 bits per heavy atom. The predicted octanol–water partition coefficient (Wildman–Crippen LogP) is 11.2. The van der Waals surface area contributed by atoms with Crippen LogP contribution >= 0.6 is 0 Å². The molecule has 8 rings (SSSR count). The molecule has 2 nitrogen and oxygen atoms in total. The summed E-state index contributed by atoms with van der Waals surface area (Å²) >= 11 is 0. The summed E-state index contributed by atoms with van der Waals surface area (Å²) in [6.45, 7) is 4.45. The summed E-state index contributed by atoms with van der Waals surface area (Å²) in [6, 6.07) is 52.0. The third kappa shape index (κ3) is 5.12. The summed E-state index contributed by atoms with van der Waals surface area (Å²) in [5.74, 6) is 0.758. The van der Waals surface area contributed by atoms with Crippen molar-refractivity contribution in [1.29, 1.82) is 0 Å². The normalized spacial score (nSPS) is 12.0. The summed E-state index contributed by atoms with van der Waals surface area (Å²) in [7, 11) is 0. The fraction of sp³-hybridized carbons (Fsp3) is 0.0909. The topological polar surface area (TPSA) is 25.8 Å². The molecule has 0 amide bonds. The van der Waals surface area contributed by atoms with Crippen molar-refractivity contribution in [3.05, 3.63) is 168 Å². The van der Waals surface area contributed by atoms with Gasteiger partial charge in [0.15, 0.2) is 5.82 Å². The van der Waals surface area contributed by atoms with E-state index in [1.807, 2.05) is 12.1 Å². The van der Waals surface area contributed by atoms with E-state index in [0.717, 1.165) is 46.7 Å². The minimum Gasteiger partial charge on any atom is -0.228 e. The molecule has 7 aromatic rings. The van der Waals surface area contributed by atoms with Crippen molar-refractivity contribution in [2.45, 2.75) is 26.7 Å². The first-order valence-corrected chi connectivity index (χ1v) is 16.0. The number of hydrogen-bond acceptors (Lipinski definition) is 2. The van der Waals surface area contributed by atoms with Gasteiger partial charge in [0, 0.05) is 16.7 Å². The second-order valence-electron chi connectivity index (χ2n) is 12.2. The first-order chi connectivity index (χ1) is 22.6. The molecule has 0 saturated carbocycles. The molecule has 2 heteroatoms. The van der Waals surface area contributed by atoms with Gasteiger partial charge in [-0.25, -0.2) is 9.97 Å². The van der Waals surface area contributed by atoms with Crippen LogP contribution in [0.2, 0.25) is 0 Å². The maximum absolute atomic E-state index is 5.07. The highest BCUT2D eigenvalue weighted by Gasteiger charge is 2.20. The highest BCUT2D eigenvalue weighted by Crippen LogP contribution is 2.40. The van der Waals surface area contributed by atoms with Crippen molar-refractivity contribution >= 4 is 0 Å². The van der Waals surface area contributed by atoms with Gasteiger partial charge >= 0.3 is 0 Å². The second kappa shape index (κ2) is 11.7. The zero-order chi connectivity index (χ0) is 31.0. The molecule has 220 valence electrons. The lowest BCUT2D eigenvalue weighted by Crippen LogP contribution is -2.05. The molecule has 0 atom stereocenters. The van der Waals surface area contributed by atoms with Crippen molar-refractivity contribution in [2.75, 3.05) is 0 Å². The Bertz CT molecular complexity index is 2160. The standard InChI is InChI=1S/C44H34N2/c1-29-12-9-10-17-37(29)39-19-11-18-38(30(39)2)33-22-24-40-34(26-33)20-21-35-27-36(23-25-41(35)40)44-45-42(31-13-5-3-6-14-31)28-43(46-44)32-15-7-4-8-16-32/h3-19,22-28H,20-21H2,1-2H3. The predicted molar refractivity (Wildman–Crippen MR) is 192 cm³/mol. The van der Waals surface area contributed by atoms with Crippen LogP contribution in [0.15, 0.2) is 146 Å². The summed E-state index contributed by atoms with van der Waals surface area (Å²) in [6.07, 6.45) is 2.00. The molecule has 0 radical (unpaired) electrons. The van der Waals surface area contributed by atoms with Crippen LogP contribution in [0.3, 0.4) is 0 Å².